The molecule has 24 heavy (non-hydrogen) atoms. The number of rotatable bonds is 3. The SMILES string of the molecule is O=C(Nc1ccc(F)c(C2CC2)c1)N1CCOC[C@@H]1[C@H]1CCCO1. The van der Waals surface area contributed by atoms with Gasteiger partial charge in [0.05, 0.1) is 25.4 Å². The summed E-state index contributed by atoms with van der Waals surface area (Å²) in [5.74, 6) is 0.129. The number of urea groups is 1. The molecular formula is C18H23FN2O3. The summed E-state index contributed by atoms with van der Waals surface area (Å²) < 4.78 is 25.2. The number of carbonyl (C=O) groups excluding carboxylic acids is 1. The number of halogens is 1. The molecule has 3 aliphatic rings. The number of carbonyl (C=O) groups is 1. The van der Waals surface area contributed by atoms with Crippen molar-refractivity contribution in [3.05, 3.63) is 29.6 Å². The molecule has 130 valence electrons. The predicted molar refractivity (Wildman–Crippen MR) is 87.7 cm³/mol. The average molecular weight is 334 g/mol. The number of nitrogens with one attached hydrogen (secondary N) is 1. The molecule has 1 aromatic rings. The fourth-order valence-corrected chi connectivity index (χ4v) is 3.61. The Morgan fingerprint density at radius 3 is 2.88 bits per heavy atom. The molecule has 2 amide bonds. The maximum Gasteiger partial charge on any atom is 0.322 e. The Balaban J connectivity index is 1.47. The summed E-state index contributed by atoms with van der Waals surface area (Å²) in [7, 11) is 0. The number of anilines is 1. The first-order valence-electron chi connectivity index (χ1n) is 8.79. The fourth-order valence-electron chi connectivity index (χ4n) is 3.61. The number of benzene rings is 1. The van der Waals surface area contributed by atoms with E-state index in [-0.39, 0.29) is 24.0 Å². The van der Waals surface area contributed by atoms with E-state index in [2.05, 4.69) is 5.32 Å². The van der Waals surface area contributed by atoms with Crippen LogP contribution in [-0.2, 0) is 9.47 Å². The normalized spacial score (nSPS) is 27.3. The maximum absolute atomic E-state index is 13.9. The van der Waals surface area contributed by atoms with Crippen LogP contribution >= 0.6 is 0 Å². The lowest BCUT2D eigenvalue weighted by molar-refractivity contribution is -0.0452. The summed E-state index contributed by atoms with van der Waals surface area (Å²) in [6, 6.07) is 4.63. The van der Waals surface area contributed by atoms with Gasteiger partial charge in [-0.25, -0.2) is 9.18 Å². The highest BCUT2D eigenvalue weighted by Gasteiger charge is 2.36. The van der Waals surface area contributed by atoms with Crippen LogP contribution in [-0.4, -0.2) is 49.4 Å². The van der Waals surface area contributed by atoms with E-state index in [1.807, 2.05) is 0 Å². The number of amides is 2. The van der Waals surface area contributed by atoms with Crippen molar-refractivity contribution in [2.45, 2.75) is 43.7 Å². The van der Waals surface area contributed by atoms with Crippen molar-refractivity contribution in [3.8, 4) is 0 Å². The summed E-state index contributed by atoms with van der Waals surface area (Å²) in [5, 5.41) is 2.92. The predicted octanol–water partition coefficient (Wildman–Crippen LogP) is 3.11. The second-order valence-corrected chi connectivity index (χ2v) is 6.83. The van der Waals surface area contributed by atoms with Crippen LogP contribution in [0.25, 0.3) is 0 Å². The van der Waals surface area contributed by atoms with Crippen LogP contribution in [0.4, 0.5) is 14.9 Å². The molecule has 1 N–H and O–H groups in total. The minimum Gasteiger partial charge on any atom is -0.377 e. The molecule has 4 rings (SSSR count). The van der Waals surface area contributed by atoms with Gasteiger partial charge in [-0.15, -0.1) is 0 Å². The molecule has 0 unspecified atom stereocenters. The summed E-state index contributed by atoms with van der Waals surface area (Å²) >= 11 is 0. The Kier molecular flexibility index (Phi) is 4.41. The summed E-state index contributed by atoms with van der Waals surface area (Å²) in [6.07, 6.45) is 4.09. The van der Waals surface area contributed by atoms with E-state index in [9.17, 15) is 9.18 Å². The first-order valence-corrected chi connectivity index (χ1v) is 8.79. The second kappa shape index (κ2) is 6.69. The third-order valence-electron chi connectivity index (χ3n) is 5.08. The topological polar surface area (TPSA) is 50.8 Å². The molecule has 0 aromatic heterocycles. The third-order valence-corrected chi connectivity index (χ3v) is 5.08. The van der Waals surface area contributed by atoms with Gasteiger partial charge in [0.25, 0.3) is 0 Å². The van der Waals surface area contributed by atoms with Crippen molar-refractivity contribution in [1.82, 2.24) is 4.90 Å². The largest absolute Gasteiger partial charge is 0.377 e. The molecule has 5 nitrogen and oxygen atoms in total. The molecule has 2 atom stereocenters. The summed E-state index contributed by atoms with van der Waals surface area (Å²) in [6.45, 7) is 2.34. The van der Waals surface area contributed by atoms with Crippen molar-refractivity contribution < 1.29 is 18.7 Å². The number of ether oxygens (including phenoxy) is 2. The van der Waals surface area contributed by atoms with E-state index in [0.29, 0.717) is 36.9 Å². The van der Waals surface area contributed by atoms with Crippen LogP contribution < -0.4 is 5.32 Å². The molecule has 1 aromatic carbocycles. The summed E-state index contributed by atoms with van der Waals surface area (Å²) in [4.78, 5) is 14.5. The van der Waals surface area contributed by atoms with Crippen molar-refractivity contribution in [2.24, 2.45) is 0 Å². The Hall–Kier alpha value is -1.66. The number of morpholine rings is 1. The molecule has 2 saturated heterocycles. The average Bonchev–Trinajstić information content (AvgIpc) is 3.30. The van der Waals surface area contributed by atoms with Crippen LogP contribution in [0.15, 0.2) is 18.2 Å². The van der Waals surface area contributed by atoms with E-state index >= 15 is 0 Å². The highest BCUT2D eigenvalue weighted by Crippen LogP contribution is 2.42. The van der Waals surface area contributed by atoms with Crippen molar-refractivity contribution in [2.75, 3.05) is 31.7 Å². The Bertz CT molecular complexity index is 614. The van der Waals surface area contributed by atoms with E-state index in [4.69, 9.17) is 9.47 Å². The van der Waals surface area contributed by atoms with Gasteiger partial charge < -0.3 is 19.7 Å². The number of hydrogen-bond acceptors (Lipinski definition) is 3. The van der Waals surface area contributed by atoms with Gasteiger partial charge in [-0.3, -0.25) is 0 Å². The minimum atomic E-state index is -0.181. The van der Waals surface area contributed by atoms with Gasteiger partial charge in [0.15, 0.2) is 0 Å². The molecule has 3 fully saturated rings. The standard InChI is InChI=1S/C18H23FN2O3/c19-15-6-5-13(10-14(15)12-3-4-12)20-18(22)21-7-9-23-11-16(21)17-2-1-8-24-17/h5-6,10,12,16-17H,1-4,7-9,11H2,(H,20,22)/t16-,17-/m1/s1. The molecule has 2 aliphatic heterocycles. The van der Waals surface area contributed by atoms with Crippen molar-refractivity contribution in [3.63, 3.8) is 0 Å². The highest BCUT2D eigenvalue weighted by molar-refractivity contribution is 5.89. The van der Waals surface area contributed by atoms with Gasteiger partial charge in [0.2, 0.25) is 0 Å². The van der Waals surface area contributed by atoms with E-state index in [1.165, 1.54) is 6.07 Å². The molecule has 0 bridgehead atoms. The minimum absolute atomic E-state index is 0.0475. The first-order chi connectivity index (χ1) is 11.7. The lowest BCUT2D eigenvalue weighted by Crippen LogP contribution is -2.55. The smallest absolute Gasteiger partial charge is 0.322 e. The molecule has 1 saturated carbocycles. The van der Waals surface area contributed by atoms with Gasteiger partial charge >= 0.3 is 6.03 Å². The highest BCUT2D eigenvalue weighted by atomic mass is 19.1. The first kappa shape index (κ1) is 15.8. The van der Waals surface area contributed by atoms with Crippen LogP contribution in [0.1, 0.15) is 37.2 Å². The monoisotopic (exact) mass is 334 g/mol. The van der Waals surface area contributed by atoms with Crippen LogP contribution in [0.2, 0.25) is 0 Å². The molecule has 6 heteroatoms. The molecule has 0 radical (unpaired) electrons. The third kappa shape index (κ3) is 3.26. The maximum atomic E-state index is 13.9. The molecule has 0 spiro atoms. The molecule has 2 heterocycles. The molecule has 1 aliphatic carbocycles. The Morgan fingerprint density at radius 1 is 1.25 bits per heavy atom. The number of nitrogens with zero attached hydrogens (tertiary/aromatic N) is 1. The van der Waals surface area contributed by atoms with Gasteiger partial charge in [-0.2, -0.15) is 0 Å². The lowest BCUT2D eigenvalue weighted by atomic mass is 10.1. The van der Waals surface area contributed by atoms with Crippen molar-refractivity contribution in [1.29, 1.82) is 0 Å². The van der Waals surface area contributed by atoms with Crippen LogP contribution in [0.5, 0.6) is 0 Å². The van der Waals surface area contributed by atoms with Crippen LogP contribution in [0, 0.1) is 5.82 Å². The summed E-state index contributed by atoms with van der Waals surface area (Å²) in [5.41, 5.74) is 1.37. The van der Waals surface area contributed by atoms with Gasteiger partial charge in [-0.1, -0.05) is 0 Å². The quantitative estimate of drug-likeness (QED) is 0.924. The zero-order valence-corrected chi connectivity index (χ0v) is 13.7. The van der Waals surface area contributed by atoms with Crippen molar-refractivity contribution >= 4 is 11.7 Å². The van der Waals surface area contributed by atoms with E-state index in [1.54, 1.807) is 17.0 Å². The second-order valence-electron chi connectivity index (χ2n) is 6.83. The van der Waals surface area contributed by atoms with Gasteiger partial charge in [-0.05, 0) is 55.4 Å². The van der Waals surface area contributed by atoms with Gasteiger partial charge in [0.1, 0.15) is 5.82 Å². The van der Waals surface area contributed by atoms with Gasteiger partial charge in [0, 0.05) is 18.8 Å². The molecular weight excluding hydrogens is 311 g/mol. The zero-order valence-electron chi connectivity index (χ0n) is 13.7. The van der Waals surface area contributed by atoms with Crippen LogP contribution in [0.3, 0.4) is 0 Å². The lowest BCUT2D eigenvalue weighted by Gasteiger charge is -2.38. The Labute approximate surface area is 141 Å². The zero-order chi connectivity index (χ0) is 16.5. The Morgan fingerprint density at radius 2 is 2.12 bits per heavy atom. The number of hydrogen-bond donors (Lipinski definition) is 1. The van der Waals surface area contributed by atoms with E-state index in [0.717, 1.165) is 32.3 Å². The fraction of sp³-hybridized carbons (Fsp3) is 0.611. The van der Waals surface area contributed by atoms with E-state index < -0.39 is 0 Å².